The van der Waals surface area contributed by atoms with Crippen LogP contribution in [0.4, 0.5) is 0 Å². The van der Waals surface area contributed by atoms with Crippen molar-refractivity contribution in [2.24, 2.45) is 0 Å². The number of carboxylic acids is 1. The van der Waals surface area contributed by atoms with Gasteiger partial charge in [-0.1, -0.05) is 51.1 Å². The fourth-order valence-corrected chi connectivity index (χ4v) is 3.98. The number of likely N-dealkylation sites (tertiary alicyclic amines) is 1. The van der Waals surface area contributed by atoms with Gasteiger partial charge in [0.2, 0.25) is 0 Å². The van der Waals surface area contributed by atoms with E-state index in [4.69, 9.17) is 4.74 Å². The van der Waals surface area contributed by atoms with E-state index in [0.717, 1.165) is 38.0 Å². The van der Waals surface area contributed by atoms with Crippen molar-refractivity contribution in [3.05, 3.63) is 64.7 Å². The zero-order valence-electron chi connectivity index (χ0n) is 17.4. The minimum Gasteiger partial charge on any atom is -0.496 e. The minimum absolute atomic E-state index is 0.177. The average Bonchev–Trinajstić information content (AvgIpc) is 2.67. The lowest BCUT2D eigenvalue weighted by Gasteiger charge is -2.33. The molecule has 150 valence electrons. The van der Waals surface area contributed by atoms with Crippen molar-refractivity contribution in [2.45, 2.75) is 51.5 Å². The maximum absolute atomic E-state index is 11.3. The largest absolute Gasteiger partial charge is 0.496 e. The molecule has 0 aliphatic carbocycles. The summed E-state index contributed by atoms with van der Waals surface area (Å²) in [6.45, 7) is 9.74. The smallest absolute Gasteiger partial charge is 0.339 e. The Bertz CT molecular complexity index is 821. The molecular formula is C24H31NO3. The lowest BCUT2D eigenvalue weighted by atomic mass is 9.86. The molecular weight excluding hydrogens is 350 g/mol. The molecule has 1 N–H and O–H groups in total. The summed E-state index contributed by atoms with van der Waals surface area (Å²) in [5.74, 6) is -0.105. The SMILES string of the molecule is COc1cc(C2CCCN(Cc3ccc(C(C)(C)C)cc3)C2)ccc1C(=O)O. The van der Waals surface area contributed by atoms with Gasteiger partial charge in [-0.25, -0.2) is 4.79 Å². The number of aromatic carboxylic acids is 1. The highest BCUT2D eigenvalue weighted by Crippen LogP contribution is 2.32. The standard InChI is InChI=1S/C24H31NO3/c1-24(2,3)20-10-7-17(8-11-20)15-25-13-5-6-19(16-25)18-9-12-21(23(26)27)22(14-18)28-4/h7-12,14,19H,5-6,13,15-16H2,1-4H3,(H,26,27). The summed E-state index contributed by atoms with van der Waals surface area (Å²) in [7, 11) is 1.53. The first-order valence-electron chi connectivity index (χ1n) is 10.0. The lowest BCUT2D eigenvalue weighted by molar-refractivity contribution is 0.0693. The molecule has 3 rings (SSSR count). The Morgan fingerprint density at radius 1 is 1.18 bits per heavy atom. The molecule has 0 amide bonds. The molecule has 1 heterocycles. The van der Waals surface area contributed by atoms with Crippen molar-refractivity contribution in [3.63, 3.8) is 0 Å². The van der Waals surface area contributed by atoms with E-state index in [9.17, 15) is 9.90 Å². The number of hydrogen-bond donors (Lipinski definition) is 1. The van der Waals surface area contributed by atoms with E-state index >= 15 is 0 Å². The van der Waals surface area contributed by atoms with Gasteiger partial charge in [0.1, 0.15) is 11.3 Å². The molecule has 0 saturated carbocycles. The number of nitrogens with zero attached hydrogens (tertiary/aromatic N) is 1. The van der Waals surface area contributed by atoms with Gasteiger partial charge in [0.15, 0.2) is 0 Å². The number of carbonyl (C=O) groups is 1. The van der Waals surface area contributed by atoms with E-state index in [2.05, 4.69) is 49.9 Å². The third-order valence-electron chi connectivity index (χ3n) is 5.66. The van der Waals surface area contributed by atoms with Crippen LogP contribution < -0.4 is 4.74 Å². The Hall–Kier alpha value is -2.33. The van der Waals surface area contributed by atoms with Crippen LogP contribution in [0.3, 0.4) is 0 Å². The van der Waals surface area contributed by atoms with Crippen molar-refractivity contribution in [1.29, 1.82) is 0 Å². The third-order valence-corrected chi connectivity index (χ3v) is 5.66. The van der Waals surface area contributed by atoms with Crippen LogP contribution in [0.5, 0.6) is 5.75 Å². The van der Waals surface area contributed by atoms with Crippen molar-refractivity contribution >= 4 is 5.97 Å². The molecule has 1 unspecified atom stereocenters. The van der Waals surface area contributed by atoms with Crippen LogP contribution in [0, 0.1) is 0 Å². The second-order valence-electron chi connectivity index (χ2n) is 8.79. The van der Waals surface area contributed by atoms with Crippen LogP contribution in [0.1, 0.15) is 66.6 Å². The highest BCUT2D eigenvalue weighted by Gasteiger charge is 2.23. The summed E-state index contributed by atoms with van der Waals surface area (Å²) in [6, 6.07) is 14.5. The van der Waals surface area contributed by atoms with Gasteiger partial charge < -0.3 is 9.84 Å². The zero-order chi connectivity index (χ0) is 20.3. The first kappa shape index (κ1) is 20.4. The summed E-state index contributed by atoms with van der Waals surface area (Å²) in [4.78, 5) is 13.8. The van der Waals surface area contributed by atoms with Gasteiger partial charge >= 0.3 is 5.97 Å². The van der Waals surface area contributed by atoms with Gasteiger partial charge in [-0.15, -0.1) is 0 Å². The third kappa shape index (κ3) is 4.74. The van der Waals surface area contributed by atoms with E-state index in [-0.39, 0.29) is 11.0 Å². The molecule has 1 aliphatic heterocycles. The van der Waals surface area contributed by atoms with Crippen molar-refractivity contribution in [3.8, 4) is 5.75 Å². The molecule has 1 fully saturated rings. The van der Waals surface area contributed by atoms with Crippen LogP contribution in [-0.4, -0.2) is 36.2 Å². The van der Waals surface area contributed by atoms with E-state index in [1.54, 1.807) is 6.07 Å². The molecule has 4 heteroatoms. The van der Waals surface area contributed by atoms with Crippen LogP contribution in [0.25, 0.3) is 0 Å². The van der Waals surface area contributed by atoms with E-state index in [0.29, 0.717) is 11.7 Å². The van der Waals surface area contributed by atoms with Crippen LogP contribution in [0.2, 0.25) is 0 Å². The predicted octanol–water partition coefficient (Wildman–Crippen LogP) is 5.07. The molecule has 0 radical (unpaired) electrons. The zero-order valence-corrected chi connectivity index (χ0v) is 17.4. The molecule has 0 spiro atoms. The number of ether oxygens (including phenoxy) is 1. The van der Waals surface area contributed by atoms with Gasteiger partial charge in [-0.3, -0.25) is 4.90 Å². The quantitative estimate of drug-likeness (QED) is 0.785. The van der Waals surface area contributed by atoms with E-state index < -0.39 is 5.97 Å². The maximum atomic E-state index is 11.3. The van der Waals surface area contributed by atoms with Crippen molar-refractivity contribution < 1.29 is 14.6 Å². The highest BCUT2D eigenvalue weighted by atomic mass is 16.5. The second-order valence-corrected chi connectivity index (χ2v) is 8.79. The van der Waals surface area contributed by atoms with Crippen LogP contribution in [0.15, 0.2) is 42.5 Å². The normalized spacial score (nSPS) is 18.1. The molecule has 0 bridgehead atoms. The fraction of sp³-hybridized carbons (Fsp3) is 0.458. The minimum atomic E-state index is -0.952. The maximum Gasteiger partial charge on any atom is 0.339 e. The molecule has 4 nitrogen and oxygen atoms in total. The molecule has 0 aromatic heterocycles. The number of hydrogen-bond acceptors (Lipinski definition) is 3. The molecule has 28 heavy (non-hydrogen) atoms. The number of piperidine rings is 1. The number of rotatable bonds is 5. The number of methoxy groups -OCH3 is 1. The summed E-state index contributed by atoms with van der Waals surface area (Å²) in [6.07, 6.45) is 2.27. The van der Waals surface area contributed by atoms with Gasteiger partial charge in [0, 0.05) is 13.1 Å². The number of benzene rings is 2. The van der Waals surface area contributed by atoms with E-state index in [1.165, 1.54) is 18.2 Å². The molecule has 2 aromatic carbocycles. The average molecular weight is 382 g/mol. The number of carboxylic acid groups (broad SMARTS) is 1. The topological polar surface area (TPSA) is 49.8 Å². The Morgan fingerprint density at radius 3 is 2.50 bits per heavy atom. The van der Waals surface area contributed by atoms with Gasteiger partial charge in [0.05, 0.1) is 7.11 Å². The first-order valence-corrected chi connectivity index (χ1v) is 10.0. The van der Waals surface area contributed by atoms with Crippen molar-refractivity contribution in [1.82, 2.24) is 4.90 Å². The van der Waals surface area contributed by atoms with Gasteiger partial charge in [0.25, 0.3) is 0 Å². The Balaban J connectivity index is 1.70. The second kappa shape index (κ2) is 8.36. The Kier molecular flexibility index (Phi) is 6.09. The summed E-state index contributed by atoms with van der Waals surface area (Å²) < 4.78 is 5.30. The molecule has 2 aromatic rings. The summed E-state index contributed by atoms with van der Waals surface area (Å²) in [5, 5.41) is 9.29. The fourth-order valence-electron chi connectivity index (χ4n) is 3.98. The highest BCUT2D eigenvalue weighted by molar-refractivity contribution is 5.91. The molecule has 1 atom stereocenters. The van der Waals surface area contributed by atoms with E-state index in [1.807, 2.05) is 12.1 Å². The molecule has 1 aliphatic rings. The van der Waals surface area contributed by atoms with Crippen LogP contribution >= 0.6 is 0 Å². The monoisotopic (exact) mass is 381 g/mol. The summed E-state index contributed by atoms with van der Waals surface area (Å²) >= 11 is 0. The first-order chi connectivity index (χ1) is 13.3. The molecule has 1 saturated heterocycles. The van der Waals surface area contributed by atoms with Crippen molar-refractivity contribution in [2.75, 3.05) is 20.2 Å². The van der Waals surface area contributed by atoms with Crippen LogP contribution in [-0.2, 0) is 12.0 Å². The summed E-state index contributed by atoms with van der Waals surface area (Å²) in [5.41, 5.74) is 4.26. The Morgan fingerprint density at radius 2 is 1.89 bits per heavy atom. The lowest BCUT2D eigenvalue weighted by Crippen LogP contribution is -2.33. The van der Waals surface area contributed by atoms with Gasteiger partial charge in [-0.2, -0.15) is 0 Å². The Labute approximate surface area is 168 Å². The predicted molar refractivity (Wildman–Crippen MR) is 112 cm³/mol. The van der Waals surface area contributed by atoms with Gasteiger partial charge in [-0.05, 0) is 59.5 Å².